The molecular formula is C23H37FN6O. The average Bonchev–Trinajstić information content (AvgIpc) is 2.95. The summed E-state index contributed by atoms with van der Waals surface area (Å²) in [5.41, 5.74) is 6.66. The second kappa shape index (κ2) is 9.65. The van der Waals surface area contributed by atoms with Gasteiger partial charge in [-0.3, -0.25) is 4.90 Å². The molecule has 0 aromatic carbocycles. The van der Waals surface area contributed by atoms with Gasteiger partial charge in [0, 0.05) is 44.5 Å². The first kappa shape index (κ1) is 23.7. The molecule has 0 radical (unpaired) electrons. The first-order valence-electron chi connectivity index (χ1n) is 11.0. The van der Waals surface area contributed by atoms with Gasteiger partial charge in [-0.2, -0.15) is 0 Å². The van der Waals surface area contributed by atoms with Gasteiger partial charge in [-0.1, -0.05) is 26.0 Å². The van der Waals surface area contributed by atoms with E-state index in [1.807, 2.05) is 50.9 Å². The minimum absolute atomic E-state index is 0.0687. The number of piperazine rings is 1. The quantitative estimate of drug-likeness (QED) is 0.508. The van der Waals surface area contributed by atoms with Crippen molar-refractivity contribution in [1.29, 1.82) is 0 Å². The molecule has 4 atom stereocenters. The molecule has 1 fully saturated rings. The number of aliphatic imine (C=N–C) groups is 1. The van der Waals surface area contributed by atoms with Gasteiger partial charge in [0.25, 0.3) is 0 Å². The Balaban J connectivity index is 1.85. The Bertz CT molecular complexity index is 813. The molecule has 8 heteroatoms. The molecule has 0 saturated carbocycles. The van der Waals surface area contributed by atoms with Crippen molar-refractivity contribution in [2.45, 2.75) is 51.0 Å². The summed E-state index contributed by atoms with van der Waals surface area (Å²) in [7, 11) is 3.72. The Kier molecular flexibility index (Phi) is 7.36. The van der Waals surface area contributed by atoms with Crippen molar-refractivity contribution in [2.75, 3.05) is 33.7 Å². The Morgan fingerprint density at radius 2 is 2.16 bits per heavy atom. The summed E-state index contributed by atoms with van der Waals surface area (Å²) in [6.45, 7) is 8.18. The van der Waals surface area contributed by atoms with Crippen LogP contribution in [0.3, 0.4) is 0 Å². The number of amidine groups is 1. The predicted molar refractivity (Wildman–Crippen MR) is 124 cm³/mol. The fourth-order valence-electron chi connectivity index (χ4n) is 4.48. The maximum atomic E-state index is 15.1. The number of nitrogens with one attached hydrogen (secondary N) is 2. The van der Waals surface area contributed by atoms with Gasteiger partial charge >= 0.3 is 0 Å². The summed E-state index contributed by atoms with van der Waals surface area (Å²) < 4.78 is 15.1. The molecule has 0 aromatic heterocycles. The number of aliphatic hydroxyl groups is 1. The zero-order chi connectivity index (χ0) is 22.8. The monoisotopic (exact) mass is 432 g/mol. The SMILES string of the molecule is CNC(C1=CCC=CN=C1N)C1=C(F)C=CC(N2CCNC(C(C)(O)C(C)C)C2)N1C. The number of hydrogen-bond donors (Lipinski definition) is 4. The van der Waals surface area contributed by atoms with Crippen molar-refractivity contribution >= 4 is 5.84 Å². The first-order valence-corrected chi connectivity index (χ1v) is 11.0. The number of hydrogen-bond acceptors (Lipinski definition) is 7. The van der Waals surface area contributed by atoms with Crippen LogP contribution in [0, 0.1) is 5.92 Å². The molecule has 0 spiro atoms. The van der Waals surface area contributed by atoms with Crippen LogP contribution in [0.1, 0.15) is 27.2 Å². The highest BCUT2D eigenvalue weighted by molar-refractivity contribution is 5.99. The minimum Gasteiger partial charge on any atom is -0.388 e. The molecular weight excluding hydrogens is 395 g/mol. The number of rotatable bonds is 6. The summed E-state index contributed by atoms with van der Waals surface area (Å²) in [5, 5.41) is 17.7. The van der Waals surface area contributed by atoms with Crippen LogP contribution < -0.4 is 16.4 Å². The third-order valence-electron chi connectivity index (χ3n) is 6.85. The van der Waals surface area contributed by atoms with E-state index in [-0.39, 0.29) is 24.0 Å². The van der Waals surface area contributed by atoms with E-state index in [9.17, 15) is 5.11 Å². The number of nitrogens with two attached hydrogens (primary N) is 1. The van der Waals surface area contributed by atoms with E-state index in [0.29, 0.717) is 24.5 Å². The summed E-state index contributed by atoms with van der Waals surface area (Å²) >= 11 is 0. The summed E-state index contributed by atoms with van der Waals surface area (Å²) in [6, 6.07) is -0.487. The van der Waals surface area contributed by atoms with Gasteiger partial charge in [-0.05, 0) is 38.5 Å². The molecule has 5 N–H and O–H groups in total. The van der Waals surface area contributed by atoms with Gasteiger partial charge in [0.15, 0.2) is 0 Å². The normalized spacial score (nSPS) is 28.3. The van der Waals surface area contributed by atoms with Crippen LogP contribution in [0.4, 0.5) is 4.39 Å². The van der Waals surface area contributed by atoms with Crippen LogP contribution in [-0.4, -0.2) is 78.3 Å². The Morgan fingerprint density at radius 3 is 2.84 bits per heavy atom. The molecule has 0 amide bonds. The molecule has 7 nitrogen and oxygen atoms in total. The van der Waals surface area contributed by atoms with Crippen LogP contribution in [0.5, 0.6) is 0 Å². The lowest BCUT2D eigenvalue weighted by Gasteiger charge is -2.48. The smallest absolute Gasteiger partial charge is 0.144 e. The van der Waals surface area contributed by atoms with Crippen LogP contribution in [0.2, 0.25) is 0 Å². The average molecular weight is 433 g/mol. The Labute approximate surface area is 185 Å². The molecule has 1 saturated heterocycles. The molecule has 3 heterocycles. The number of allylic oxidation sites excluding steroid dienone is 4. The zero-order valence-corrected chi connectivity index (χ0v) is 19.3. The van der Waals surface area contributed by atoms with E-state index in [0.717, 1.165) is 18.7 Å². The van der Waals surface area contributed by atoms with E-state index in [1.54, 1.807) is 19.3 Å². The molecule has 3 aliphatic heterocycles. The van der Waals surface area contributed by atoms with E-state index >= 15 is 4.39 Å². The van der Waals surface area contributed by atoms with Crippen LogP contribution in [0.25, 0.3) is 0 Å². The fourth-order valence-corrected chi connectivity index (χ4v) is 4.48. The van der Waals surface area contributed by atoms with Crippen molar-refractivity contribution in [1.82, 2.24) is 20.4 Å². The third kappa shape index (κ3) is 4.77. The van der Waals surface area contributed by atoms with Gasteiger partial charge < -0.3 is 26.4 Å². The molecule has 31 heavy (non-hydrogen) atoms. The van der Waals surface area contributed by atoms with Crippen molar-refractivity contribution < 1.29 is 9.50 Å². The summed E-state index contributed by atoms with van der Waals surface area (Å²) in [4.78, 5) is 8.51. The fraction of sp³-hybridized carbons (Fsp3) is 0.609. The summed E-state index contributed by atoms with van der Waals surface area (Å²) in [6.07, 6.45) is 9.60. The number of likely N-dealkylation sites (N-methyl/N-ethyl adjacent to an activating group) is 2. The van der Waals surface area contributed by atoms with E-state index in [4.69, 9.17) is 5.73 Å². The van der Waals surface area contributed by atoms with E-state index < -0.39 is 11.6 Å². The topological polar surface area (TPSA) is 89.1 Å². The molecule has 4 unspecified atom stereocenters. The number of halogens is 1. The Hall–Kier alpha value is -2.00. The van der Waals surface area contributed by atoms with Crippen LogP contribution >= 0.6 is 0 Å². The highest BCUT2D eigenvalue weighted by Gasteiger charge is 2.41. The minimum atomic E-state index is -0.837. The molecule has 0 bridgehead atoms. The zero-order valence-electron chi connectivity index (χ0n) is 19.3. The molecule has 3 aliphatic rings. The van der Waals surface area contributed by atoms with E-state index in [2.05, 4.69) is 20.5 Å². The van der Waals surface area contributed by atoms with Crippen molar-refractivity contribution in [2.24, 2.45) is 16.6 Å². The van der Waals surface area contributed by atoms with Crippen LogP contribution in [0.15, 0.2) is 52.6 Å². The molecule has 172 valence electrons. The van der Waals surface area contributed by atoms with Gasteiger partial charge in [-0.25, -0.2) is 9.38 Å². The third-order valence-corrected chi connectivity index (χ3v) is 6.85. The van der Waals surface area contributed by atoms with Crippen molar-refractivity contribution in [3.8, 4) is 0 Å². The maximum Gasteiger partial charge on any atom is 0.144 e. The van der Waals surface area contributed by atoms with E-state index in [1.165, 1.54) is 0 Å². The molecule has 0 aliphatic carbocycles. The lowest BCUT2D eigenvalue weighted by atomic mass is 9.84. The van der Waals surface area contributed by atoms with Gasteiger partial charge in [-0.15, -0.1) is 0 Å². The van der Waals surface area contributed by atoms with Gasteiger partial charge in [0.05, 0.1) is 17.3 Å². The first-order chi connectivity index (χ1) is 14.7. The van der Waals surface area contributed by atoms with Gasteiger partial charge in [0.2, 0.25) is 0 Å². The van der Waals surface area contributed by atoms with Crippen LogP contribution in [-0.2, 0) is 0 Å². The second-order valence-electron chi connectivity index (χ2n) is 9.01. The highest BCUT2D eigenvalue weighted by atomic mass is 19.1. The maximum absolute atomic E-state index is 15.1. The number of nitrogens with zero attached hydrogens (tertiary/aromatic N) is 3. The highest BCUT2D eigenvalue weighted by Crippen LogP contribution is 2.31. The van der Waals surface area contributed by atoms with Gasteiger partial charge in [0.1, 0.15) is 17.8 Å². The van der Waals surface area contributed by atoms with Crippen molar-refractivity contribution in [3.05, 3.63) is 47.6 Å². The largest absolute Gasteiger partial charge is 0.388 e. The predicted octanol–water partition coefficient (Wildman–Crippen LogP) is 1.47. The second-order valence-corrected chi connectivity index (χ2v) is 9.01. The lowest BCUT2D eigenvalue weighted by molar-refractivity contribution is -0.0521. The molecule has 3 rings (SSSR count). The van der Waals surface area contributed by atoms with Crippen molar-refractivity contribution in [3.63, 3.8) is 0 Å². The standard InChI is InChI=1S/C23H37FN6O/c1-15(2)23(3,31)18-14-30(13-12-27-18)19-10-9-17(24)21(29(19)5)20(26-4)16-8-6-7-11-28-22(16)25/h7-11,15,18-20,26-27,31H,6,12-14H2,1-5H3,(H2,25,28). The lowest BCUT2D eigenvalue weighted by Crippen LogP contribution is -2.65. The summed E-state index contributed by atoms with van der Waals surface area (Å²) in [5.74, 6) is 0.220. The molecule has 0 aromatic rings. The Morgan fingerprint density at radius 1 is 1.42 bits per heavy atom.